The molecule has 1 atom stereocenters. The lowest BCUT2D eigenvalue weighted by atomic mass is 10.0. The van der Waals surface area contributed by atoms with Gasteiger partial charge in [-0.1, -0.05) is 42.5 Å². The lowest BCUT2D eigenvalue weighted by Gasteiger charge is -2.24. The first-order chi connectivity index (χ1) is 10.5. The van der Waals surface area contributed by atoms with Crippen LogP contribution < -0.4 is 0 Å². The molecule has 0 saturated heterocycles. The number of carbonyl (C=O) groups is 2. The third kappa shape index (κ3) is 2.64. The topological polar surface area (TPSA) is 37.4 Å². The smallest absolute Gasteiger partial charge is 0.268 e. The Balaban J connectivity index is 1.76. The molecule has 3 nitrogen and oxygen atoms in total. The largest absolute Gasteiger partial charge is 0.271 e. The van der Waals surface area contributed by atoms with Crippen molar-refractivity contribution in [1.82, 2.24) is 4.31 Å². The fourth-order valence-electron chi connectivity index (χ4n) is 2.34. The molecule has 22 heavy (non-hydrogen) atoms. The van der Waals surface area contributed by atoms with E-state index in [9.17, 15) is 9.59 Å². The zero-order valence-corrected chi connectivity index (χ0v) is 13.5. The van der Waals surface area contributed by atoms with Crippen molar-refractivity contribution < 1.29 is 9.59 Å². The van der Waals surface area contributed by atoms with Gasteiger partial charge in [0.25, 0.3) is 11.8 Å². The average Bonchev–Trinajstić information content (AvgIpc) is 2.78. The van der Waals surface area contributed by atoms with Gasteiger partial charge in [0.1, 0.15) is 0 Å². The Morgan fingerprint density at radius 2 is 1.45 bits per heavy atom. The first-order valence-electron chi connectivity index (χ1n) is 6.86. The molecule has 0 bridgehead atoms. The monoisotopic (exact) mass is 331 g/mol. The summed E-state index contributed by atoms with van der Waals surface area (Å²) in [4.78, 5) is 24.0. The maximum Gasteiger partial charge on any atom is 0.271 e. The van der Waals surface area contributed by atoms with Crippen LogP contribution in [-0.4, -0.2) is 21.9 Å². The van der Waals surface area contributed by atoms with Crippen molar-refractivity contribution >= 4 is 35.4 Å². The summed E-state index contributed by atoms with van der Waals surface area (Å²) in [6.07, 6.45) is 0. The SMILES string of the molecule is CC(Cl)(CSN1C(=O)c2ccccc2C1=O)c1ccccc1. The molecular formula is C17H14ClNO2S. The minimum Gasteiger partial charge on any atom is -0.268 e. The van der Waals surface area contributed by atoms with E-state index in [4.69, 9.17) is 11.6 Å². The molecule has 0 spiro atoms. The molecule has 0 saturated carbocycles. The molecule has 0 radical (unpaired) electrons. The number of nitrogens with zero attached hydrogens (tertiary/aromatic N) is 1. The van der Waals surface area contributed by atoms with Crippen LogP contribution in [0.2, 0.25) is 0 Å². The second kappa shape index (κ2) is 5.78. The molecule has 1 unspecified atom stereocenters. The van der Waals surface area contributed by atoms with Gasteiger partial charge in [0, 0.05) is 5.75 Å². The number of carbonyl (C=O) groups excluding carboxylic acids is 2. The van der Waals surface area contributed by atoms with Gasteiger partial charge in [-0.15, -0.1) is 11.6 Å². The summed E-state index contributed by atoms with van der Waals surface area (Å²) >= 11 is 7.74. The van der Waals surface area contributed by atoms with Gasteiger partial charge in [-0.25, -0.2) is 4.31 Å². The molecule has 2 aromatic carbocycles. The van der Waals surface area contributed by atoms with E-state index in [-0.39, 0.29) is 11.8 Å². The lowest BCUT2D eigenvalue weighted by Crippen LogP contribution is -2.27. The van der Waals surface area contributed by atoms with Crippen molar-refractivity contribution in [2.45, 2.75) is 11.8 Å². The quantitative estimate of drug-likeness (QED) is 0.481. The average molecular weight is 332 g/mol. The molecule has 1 aliphatic heterocycles. The van der Waals surface area contributed by atoms with Crippen molar-refractivity contribution in [1.29, 1.82) is 0 Å². The molecule has 0 fully saturated rings. The summed E-state index contributed by atoms with van der Waals surface area (Å²) in [5.74, 6) is -0.124. The number of benzene rings is 2. The molecule has 112 valence electrons. The third-order valence-corrected chi connectivity index (χ3v) is 5.40. The highest BCUT2D eigenvalue weighted by Gasteiger charge is 2.37. The normalized spacial score (nSPS) is 16.5. The predicted molar refractivity (Wildman–Crippen MR) is 89.0 cm³/mol. The Bertz CT molecular complexity index is 695. The highest BCUT2D eigenvalue weighted by atomic mass is 35.5. The summed E-state index contributed by atoms with van der Waals surface area (Å²) in [6.45, 7) is 1.88. The van der Waals surface area contributed by atoms with E-state index in [1.807, 2.05) is 37.3 Å². The molecule has 5 heteroatoms. The Kier molecular flexibility index (Phi) is 3.98. The maximum absolute atomic E-state index is 12.3. The lowest BCUT2D eigenvalue weighted by molar-refractivity contribution is 0.0777. The number of alkyl halides is 1. The Morgan fingerprint density at radius 3 is 2.00 bits per heavy atom. The van der Waals surface area contributed by atoms with Crippen LogP contribution in [-0.2, 0) is 4.87 Å². The third-order valence-electron chi connectivity index (χ3n) is 3.60. The minimum atomic E-state index is -0.652. The molecule has 1 heterocycles. The van der Waals surface area contributed by atoms with Crippen LogP contribution >= 0.6 is 23.5 Å². The molecule has 0 aromatic heterocycles. The molecule has 2 amide bonds. The zero-order valence-electron chi connectivity index (χ0n) is 12.0. The number of fused-ring (bicyclic) bond motifs is 1. The van der Waals surface area contributed by atoms with Gasteiger partial charge in [-0.2, -0.15) is 0 Å². The van der Waals surface area contributed by atoms with E-state index < -0.39 is 4.87 Å². The summed E-state index contributed by atoms with van der Waals surface area (Å²) < 4.78 is 1.20. The van der Waals surface area contributed by atoms with Gasteiger partial charge in [0.05, 0.1) is 16.0 Å². The fraction of sp³-hybridized carbons (Fsp3) is 0.176. The minimum absolute atomic E-state index is 0.272. The number of hydrogen-bond donors (Lipinski definition) is 0. The second-order valence-electron chi connectivity index (χ2n) is 5.29. The Labute approximate surface area is 138 Å². The van der Waals surface area contributed by atoms with Gasteiger partial charge in [-0.05, 0) is 36.6 Å². The van der Waals surface area contributed by atoms with Crippen molar-refractivity contribution in [3.05, 3.63) is 71.3 Å². The van der Waals surface area contributed by atoms with E-state index in [1.54, 1.807) is 24.3 Å². The second-order valence-corrected chi connectivity index (χ2v) is 7.03. The van der Waals surface area contributed by atoms with Crippen molar-refractivity contribution in [3.8, 4) is 0 Å². The van der Waals surface area contributed by atoms with Crippen LogP contribution in [0.1, 0.15) is 33.2 Å². The Hall–Kier alpha value is -1.78. The maximum atomic E-state index is 12.3. The number of imide groups is 1. The van der Waals surface area contributed by atoms with Crippen LogP contribution in [0.3, 0.4) is 0 Å². The standard InChI is InChI=1S/C17H14ClNO2S/c1-17(18,12-7-3-2-4-8-12)11-22-19-15(20)13-9-5-6-10-14(13)16(19)21/h2-10H,11H2,1H3. The van der Waals surface area contributed by atoms with Gasteiger partial charge >= 0.3 is 0 Å². The van der Waals surface area contributed by atoms with Crippen molar-refractivity contribution in [2.75, 3.05) is 5.75 Å². The first kappa shape index (κ1) is 15.1. The zero-order chi connectivity index (χ0) is 15.7. The summed E-state index contributed by atoms with van der Waals surface area (Å²) in [5.41, 5.74) is 1.87. The molecule has 0 aliphatic carbocycles. The molecule has 0 N–H and O–H groups in total. The van der Waals surface area contributed by atoms with E-state index in [0.717, 1.165) is 17.5 Å². The van der Waals surface area contributed by atoms with Crippen LogP contribution in [0, 0.1) is 0 Å². The van der Waals surface area contributed by atoms with Gasteiger partial charge in [-0.3, -0.25) is 9.59 Å². The molecule has 2 aromatic rings. The van der Waals surface area contributed by atoms with Crippen LogP contribution in [0.25, 0.3) is 0 Å². The van der Waals surface area contributed by atoms with E-state index >= 15 is 0 Å². The summed E-state index contributed by atoms with van der Waals surface area (Å²) in [6, 6.07) is 16.5. The van der Waals surface area contributed by atoms with Crippen LogP contribution in [0.4, 0.5) is 0 Å². The highest BCUT2D eigenvalue weighted by Crippen LogP contribution is 2.36. The fourth-order valence-corrected chi connectivity index (χ4v) is 3.58. The predicted octanol–water partition coefficient (Wildman–Crippen LogP) is 4.09. The highest BCUT2D eigenvalue weighted by molar-refractivity contribution is 7.98. The van der Waals surface area contributed by atoms with E-state index in [0.29, 0.717) is 16.9 Å². The van der Waals surface area contributed by atoms with E-state index in [1.165, 1.54) is 4.31 Å². The van der Waals surface area contributed by atoms with Gasteiger partial charge < -0.3 is 0 Å². The number of amides is 2. The summed E-state index contributed by atoms with van der Waals surface area (Å²) in [7, 11) is 0. The van der Waals surface area contributed by atoms with Crippen molar-refractivity contribution in [3.63, 3.8) is 0 Å². The summed E-state index contributed by atoms with van der Waals surface area (Å²) in [5, 5.41) is 0. The van der Waals surface area contributed by atoms with Crippen LogP contribution in [0.15, 0.2) is 54.6 Å². The van der Waals surface area contributed by atoms with Gasteiger partial charge in [0.15, 0.2) is 0 Å². The van der Waals surface area contributed by atoms with E-state index in [2.05, 4.69) is 0 Å². The molecular weight excluding hydrogens is 318 g/mol. The molecule has 1 aliphatic rings. The Morgan fingerprint density at radius 1 is 0.955 bits per heavy atom. The molecule has 3 rings (SSSR count). The number of rotatable bonds is 4. The van der Waals surface area contributed by atoms with Gasteiger partial charge in [0.2, 0.25) is 0 Å². The number of hydrogen-bond acceptors (Lipinski definition) is 3. The first-order valence-corrected chi connectivity index (χ1v) is 8.18. The van der Waals surface area contributed by atoms with Crippen LogP contribution in [0.5, 0.6) is 0 Å². The van der Waals surface area contributed by atoms with Crippen molar-refractivity contribution in [2.24, 2.45) is 0 Å². The number of halogens is 1.